The number of benzene rings is 3. The van der Waals surface area contributed by atoms with Gasteiger partial charge in [-0.2, -0.15) is 0 Å². The van der Waals surface area contributed by atoms with E-state index in [0.717, 1.165) is 11.1 Å². The van der Waals surface area contributed by atoms with Gasteiger partial charge in [-0.3, -0.25) is 14.2 Å². The minimum atomic E-state index is -0.632. The number of thiazole rings is 1. The van der Waals surface area contributed by atoms with Gasteiger partial charge in [-0.15, -0.1) is 0 Å². The molecule has 1 aliphatic rings. The number of hydrogen-bond acceptors (Lipinski definition) is 5. The van der Waals surface area contributed by atoms with Gasteiger partial charge in [0.15, 0.2) is 4.80 Å². The summed E-state index contributed by atoms with van der Waals surface area (Å²) in [6.45, 7) is 6.08. The molecule has 8 heteroatoms. The SMILES string of the molecule is COc1ccc(/C=c2/sc3n(c2=O)[C@@H](c2ccc(C(C)C)cc2)C(C(=O)Nc2ccccc2)=C(C)N=3)cc1Cl. The molecule has 2 heterocycles. The van der Waals surface area contributed by atoms with E-state index in [1.165, 1.54) is 16.9 Å². The highest BCUT2D eigenvalue weighted by atomic mass is 35.5. The van der Waals surface area contributed by atoms with Crippen molar-refractivity contribution >= 4 is 40.6 Å². The van der Waals surface area contributed by atoms with Crippen molar-refractivity contribution in [1.82, 2.24) is 4.57 Å². The van der Waals surface area contributed by atoms with Crippen LogP contribution in [-0.4, -0.2) is 17.6 Å². The lowest BCUT2D eigenvalue weighted by Crippen LogP contribution is -2.40. The minimum absolute atomic E-state index is 0.221. The molecular weight excluding hydrogens is 530 g/mol. The summed E-state index contributed by atoms with van der Waals surface area (Å²) in [7, 11) is 1.56. The number of aromatic nitrogens is 1. The van der Waals surface area contributed by atoms with Gasteiger partial charge in [0, 0.05) is 5.69 Å². The Balaban J connectivity index is 1.66. The maximum absolute atomic E-state index is 13.9. The van der Waals surface area contributed by atoms with Gasteiger partial charge in [0.1, 0.15) is 5.75 Å². The summed E-state index contributed by atoms with van der Waals surface area (Å²) in [4.78, 5) is 32.8. The van der Waals surface area contributed by atoms with Gasteiger partial charge in [0.25, 0.3) is 11.5 Å². The number of fused-ring (bicyclic) bond motifs is 1. The average Bonchev–Trinajstić information content (AvgIpc) is 3.22. The lowest BCUT2D eigenvalue weighted by atomic mass is 9.93. The first kappa shape index (κ1) is 26.7. The van der Waals surface area contributed by atoms with Crippen molar-refractivity contribution in [3.05, 3.63) is 125 Å². The van der Waals surface area contributed by atoms with E-state index < -0.39 is 6.04 Å². The van der Waals surface area contributed by atoms with E-state index in [2.05, 4.69) is 31.3 Å². The van der Waals surface area contributed by atoms with E-state index >= 15 is 0 Å². The number of amides is 1. The van der Waals surface area contributed by atoms with Crippen molar-refractivity contribution in [2.45, 2.75) is 32.7 Å². The maximum Gasteiger partial charge on any atom is 0.271 e. The molecule has 4 aromatic rings. The molecule has 0 unspecified atom stereocenters. The van der Waals surface area contributed by atoms with E-state index in [9.17, 15) is 9.59 Å². The van der Waals surface area contributed by atoms with Crippen LogP contribution in [0, 0.1) is 0 Å². The number of allylic oxidation sites excluding steroid dienone is 1. The van der Waals surface area contributed by atoms with Gasteiger partial charge in [0.05, 0.1) is 34.0 Å². The van der Waals surface area contributed by atoms with Crippen LogP contribution in [0.1, 0.15) is 49.4 Å². The second-order valence-electron chi connectivity index (χ2n) is 9.62. The Morgan fingerprint density at radius 1 is 1.10 bits per heavy atom. The van der Waals surface area contributed by atoms with Crippen LogP contribution in [0.4, 0.5) is 5.69 Å². The Bertz CT molecular complexity index is 1750. The topological polar surface area (TPSA) is 72.7 Å². The van der Waals surface area contributed by atoms with Gasteiger partial charge in [-0.05, 0) is 59.9 Å². The molecule has 0 saturated heterocycles. The largest absolute Gasteiger partial charge is 0.495 e. The van der Waals surface area contributed by atoms with E-state index in [4.69, 9.17) is 21.3 Å². The summed E-state index contributed by atoms with van der Waals surface area (Å²) in [5.41, 5.74) is 4.24. The van der Waals surface area contributed by atoms with Crippen LogP contribution in [0.3, 0.4) is 0 Å². The number of ether oxygens (including phenoxy) is 1. The van der Waals surface area contributed by atoms with Gasteiger partial charge in [-0.1, -0.05) is 85.3 Å². The molecule has 198 valence electrons. The first-order valence-electron chi connectivity index (χ1n) is 12.6. The lowest BCUT2D eigenvalue weighted by Gasteiger charge is -2.25. The zero-order valence-corrected chi connectivity index (χ0v) is 23.6. The Morgan fingerprint density at radius 3 is 2.46 bits per heavy atom. The standard InChI is InChI=1S/C31H28ClN3O3S/c1-18(2)21-11-13-22(14-12-21)28-27(29(36)34-23-8-6-5-7-9-23)19(3)33-31-35(28)30(37)26(39-31)17-20-10-15-25(38-4)24(32)16-20/h5-18,28H,1-4H3,(H,34,36)/b26-17+/t28-/m0/s1. The number of halogens is 1. The van der Waals surface area contributed by atoms with Crippen LogP contribution in [0.15, 0.2) is 93.9 Å². The number of carbonyl (C=O) groups is 1. The summed E-state index contributed by atoms with van der Waals surface area (Å²) in [6, 6.07) is 22.1. The molecule has 1 amide bonds. The molecule has 1 N–H and O–H groups in total. The number of nitrogens with zero attached hydrogens (tertiary/aromatic N) is 2. The predicted octanol–water partition coefficient (Wildman–Crippen LogP) is 5.66. The first-order valence-corrected chi connectivity index (χ1v) is 13.8. The van der Waals surface area contributed by atoms with Gasteiger partial charge >= 0.3 is 0 Å². The van der Waals surface area contributed by atoms with Crippen LogP contribution >= 0.6 is 22.9 Å². The Kier molecular flexibility index (Phi) is 7.55. The third kappa shape index (κ3) is 5.33. The first-order chi connectivity index (χ1) is 18.8. The fourth-order valence-electron chi connectivity index (χ4n) is 4.63. The van der Waals surface area contributed by atoms with E-state index in [0.29, 0.717) is 43.0 Å². The van der Waals surface area contributed by atoms with Crippen LogP contribution < -0.4 is 24.9 Å². The monoisotopic (exact) mass is 557 g/mol. The van der Waals surface area contributed by atoms with Gasteiger partial charge < -0.3 is 10.1 Å². The van der Waals surface area contributed by atoms with Crippen molar-refractivity contribution < 1.29 is 9.53 Å². The molecule has 3 aromatic carbocycles. The van der Waals surface area contributed by atoms with Crippen molar-refractivity contribution in [2.24, 2.45) is 4.99 Å². The molecule has 6 nitrogen and oxygen atoms in total. The molecule has 0 bridgehead atoms. The van der Waals surface area contributed by atoms with E-state index in [1.54, 1.807) is 29.9 Å². The highest BCUT2D eigenvalue weighted by molar-refractivity contribution is 7.07. The highest BCUT2D eigenvalue weighted by Crippen LogP contribution is 2.32. The molecule has 0 fully saturated rings. The normalized spacial score (nSPS) is 15.2. The zero-order valence-electron chi connectivity index (χ0n) is 22.1. The van der Waals surface area contributed by atoms with E-state index in [-0.39, 0.29) is 11.5 Å². The third-order valence-corrected chi connectivity index (χ3v) is 7.97. The predicted molar refractivity (Wildman–Crippen MR) is 157 cm³/mol. The molecule has 1 atom stereocenters. The van der Waals surface area contributed by atoms with Crippen molar-refractivity contribution in [3.63, 3.8) is 0 Å². The van der Waals surface area contributed by atoms with Crippen LogP contribution in [0.5, 0.6) is 5.75 Å². The summed E-state index contributed by atoms with van der Waals surface area (Å²) >= 11 is 7.61. The Hall–Kier alpha value is -3.94. The molecule has 0 aliphatic carbocycles. The van der Waals surface area contributed by atoms with Gasteiger partial charge in [-0.25, -0.2) is 4.99 Å². The quantitative estimate of drug-likeness (QED) is 0.332. The smallest absolute Gasteiger partial charge is 0.271 e. The minimum Gasteiger partial charge on any atom is -0.495 e. The highest BCUT2D eigenvalue weighted by Gasteiger charge is 2.32. The lowest BCUT2D eigenvalue weighted by molar-refractivity contribution is -0.113. The fraction of sp³-hybridized carbons (Fsp3) is 0.194. The zero-order chi connectivity index (χ0) is 27.7. The number of carbonyl (C=O) groups excluding carboxylic acids is 1. The average molecular weight is 558 g/mol. The summed E-state index contributed by atoms with van der Waals surface area (Å²) in [5, 5.41) is 3.44. The molecule has 39 heavy (non-hydrogen) atoms. The summed E-state index contributed by atoms with van der Waals surface area (Å²) < 4.78 is 7.37. The molecule has 0 spiro atoms. The molecule has 1 aromatic heterocycles. The second kappa shape index (κ2) is 11.0. The molecule has 0 radical (unpaired) electrons. The van der Waals surface area contributed by atoms with Crippen molar-refractivity contribution in [2.75, 3.05) is 12.4 Å². The van der Waals surface area contributed by atoms with Crippen LogP contribution in [0.25, 0.3) is 6.08 Å². The Morgan fingerprint density at radius 2 is 1.82 bits per heavy atom. The summed E-state index contributed by atoms with van der Waals surface area (Å²) in [6.07, 6.45) is 1.79. The third-order valence-electron chi connectivity index (χ3n) is 6.69. The number of nitrogens with one attached hydrogen (secondary N) is 1. The molecule has 0 saturated carbocycles. The van der Waals surface area contributed by atoms with Crippen LogP contribution in [0.2, 0.25) is 5.02 Å². The number of anilines is 1. The van der Waals surface area contributed by atoms with Crippen LogP contribution in [-0.2, 0) is 4.79 Å². The van der Waals surface area contributed by atoms with Gasteiger partial charge in [0.2, 0.25) is 0 Å². The summed E-state index contributed by atoms with van der Waals surface area (Å²) in [5.74, 6) is 0.622. The van der Waals surface area contributed by atoms with Crippen molar-refractivity contribution in [1.29, 1.82) is 0 Å². The number of para-hydroxylation sites is 1. The number of rotatable bonds is 6. The molecule has 1 aliphatic heterocycles. The molecular formula is C31H28ClN3O3S. The number of methoxy groups -OCH3 is 1. The molecule has 5 rings (SSSR count). The number of hydrogen-bond donors (Lipinski definition) is 1. The fourth-order valence-corrected chi connectivity index (χ4v) is 5.95. The van der Waals surface area contributed by atoms with Crippen molar-refractivity contribution in [3.8, 4) is 5.75 Å². The van der Waals surface area contributed by atoms with E-state index in [1.807, 2.05) is 55.5 Å². The maximum atomic E-state index is 13.9. The Labute approximate surface area is 235 Å². The second-order valence-corrected chi connectivity index (χ2v) is 11.0.